The van der Waals surface area contributed by atoms with E-state index in [1.165, 1.54) is 11.3 Å². The highest BCUT2D eigenvalue weighted by atomic mass is 16.5. The predicted octanol–water partition coefficient (Wildman–Crippen LogP) is 3.72. The summed E-state index contributed by atoms with van der Waals surface area (Å²) >= 11 is 0. The van der Waals surface area contributed by atoms with Crippen molar-refractivity contribution in [1.82, 2.24) is 15.0 Å². The number of aromatic nitrogens is 2. The SMILES string of the molecule is COc1ccc(-c2noc(CCC(=O)N3CCN(c4cccc(C)c4)[C@H](C)C3)n2)cc1. The number of nitrogens with zero attached hydrogens (tertiary/aromatic N) is 4. The van der Waals surface area contributed by atoms with Crippen LogP contribution in [-0.4, -0.2) is 53.7 Å². The number of ether oxygens (including phenoxy) is 1. The molecule has 7 heteroatoms. The van der Waals surface area contributed by atoms with Gasteiger partial charge in [-0.05, 0) is 55.8 Å². The van der Waals surface area contributed by atoms with Gasteiger partial charge in [0.25, 0.3) is 0 Å². The Morgan fingerprint density at radius 3 is 2.71 bits per heavy atom. The van der Waals surface area contributed by atoms with E-state index in [0.29, 0.717) is 31.1 Å². The number of hydrogen-bond acceptors (Lipinski definition) is 6. The number of rotatable bonds is 6. The summed E-state index contributed by atoms with van der Waals surface area (Å²) < 4.78 is 10.5. The number of piperazine rings is 1. The molecule has 1 aliphatic rings. The molecule has 0 bridgehead atoms. The topological polar surface area (TPSA) is 71.7 Å². The normalized spacial score (nSPS) is 16.4. The second-order valence-electron chi connectivity index (χ2n) is 7.96. The lowest BCUT2D eigenvalue weighted by atomic mass is 10.1. The Morgan fingerprint density at radius 1 is 1.19 bits per heavy atom. The summed E-state index contributed by atoms with van der Waals surface area (Å²) in [5.74, 6) is 1.89. The molecule has 7 nitrogen and oxygen atoms in total. The van der Waals surface area contributed by atoms with Crippen LogP contribution >= 0.6 is 0 Å². The number of carbonyl (C=O) groups is 1. The van der Waals surface area contributed by atoms with E-state index in [9.17, 15) is 4.79 Å². The van der Waals surface area contributed by atoms with Gasteiger partial charge in [-0.15, -0.1) is 0 Å². The Hall–Kier alpha value is -3.35. The van der Waals surface area contributed by atoms with E-state index >= 15 is 0 Å². The zero-order valence-electron chi connectivity index (χ0n) is 18.2. The van der Waals surface area contributed by atoms with Crippen LogP contribution in [-0.2, 0) is 11.2 Å². The largest absolute Gasteiger partial charge is 0.497 e. The van der Waals surface area contributed by atoms with Crippen LogP contribution in [0.3, 0.4) is 0 Å². The van der Waals surface area contributed by atoms with E-state index in [1.807, 2.05) is 29.2 Å². The van der Waals surface area contributed by atoms with Gasteiger partial charge >= 0.3 is 0 Å². The van der Waals surface area contributed by atoms with Gasteiger partial charge in [0.05, 0.1) is 7.11 Å². The third-order valence-electron chi connectivity index (χ3n) is 5.68. The number of benzene rings is 2. The molecule has 0 unspecified atom stereocenters. The lowest BCUT2D eigenvalue weighted by Gasteiger charge is -2.41. The van der Waals surface area contributed by atoms with Gasteiger partial charge in [-0.2, -0.15) is 4.98 Å². The van der Waals surface area contributed by atoms with Crippen molar-refractivity contribution in [2.75, 3.05) is 31.6 Å². The van der Waals surface area contributed by atoms with Crippen LogP contribution in [0, 0.1) is 6.92 Å². The first-order valence-corrected chi connectivity index (χ1v) is 10.6. The molecule has 0 N–H and O–H groups in total. The van der Waals surface area contributed by atoms with Crippen molar-refractivity contribution >= 4 is 11.6 Å². The second kappa shape index (κ2) is 9.20. The van der Waals surface area contributed by atoms with Gasteiger partial charge in [-0.1, -0.05) is 17.3 Å². The van der Waals surface area contributed by atoms with Crippen molar-refractivity contribution in [3.8, 4) is 17.1 Å². The quantitative estimate of drug-likeness (QED) is 0.605. The van der Waals surface area contributed by atoms with Gasteiger partial charge in [0, 0.05) is 49.8 Å². The van der Waals surface area contributed by atoms with E-state index in [-0.39, 0.29) is 11.9 Å². The van der Waals surface area contributed by atoms with Crippen molar-refractivity contribution < 1.29 is 14.1 Å². The molecule has 3 aromatic rings. The lowest BCUT2D eigenvalue weighted by Crippen LogP contribution is -2.53. The third kappa shape index (κ3) is 4.87. The first kappa shape index (κ1) is 20.9. The van der Waals surface area contributed by atoms with E-state index in [4.69, 9.17) is 9.26 Å². The van der Waals surface area contributed by atoms with Gasteiger partial charge in [0.2, 0.25) is 17.6 Å². The molecule has 1 aliphatic heterocycles. The average Bonchev–Trinajstić information content (AvgIpc) is 3.26. The molecule has 31 heavy (non-hydrogen) atoms. The Balaban J connectivity index is 1.31. The van der Waals surface area contributed by atoms with Gasteiger partial charge in [-0.3, -0.25) is 4.79 Å². The maximum absolute atomic E-state index is 12.8. The van der Waals surface area contributed by atoms with E-state index in [1.54, 1.807) is 7.11 Å². The minimum atomic E-state index is 0.125. The summed E-state index contributed by atoms with van der Waals surface area (Å²) in [6.07, 6.45) is 0.801. The molecule has 0 spiro atoms. The molecule has 2 heterocycles. The van der Waals surface area contributed by atoms with Gasteiger partial charge in [0.1, 0.15) is 5.75 Å². The first-order chi connectivity index (χ1) is 15.0. The first-order valence-electron chi connectivity index (χ1n) is 10.6. The van der Waals surface area contributed by atoms with Crippen LogP contribution in [0.15, 0.2) is 53.1 Å². The number of methoxy groups -OCH3 is 1. The lowest BCUT2D eigenvalue weighted by molar-refractivity contribution is -0.132. The average molecular weight is 421 g/mol. The number of hydrogen-bond donors (Lipinski definition) is 0. The molecule has 4 rings (SSSR count). The Morgan fingerprint density at radius 2 is 2.00 bits per heavy atom. The molecule has 1 saturated heterocycles. The molecule has 0 aliphatic carbocycles. The van der Waals surface area contributed by atoms with E-state index in [0.717, 1.165) is 24.4 Å². The molecule has 2 aromatic carbocycles. The van der Waals surface area contributed by atoms with Crippen molar-refractivity contribution in [3.05, 3.63) is 60.0 Å². The van der Waals surface area contributed by atoms with Crippen molar-refractivity contribution in [1.29, 1.82) is 0 Å². The van der Waals surface area contributed by atoms with Crippen molar-refractivity contribution in [3.63, 3.8) is 0 Å². The predicted molar refractivity (Wildman–Crippen MR) is 119 cm³/mol. The molecule has 1 fully saturated rings. The summed E-state index contributed by atoms with van der Waals surface area (Å²) in [5, 5.41) is 4.04. The fourth-order valence-corrected chi connectivity index (χ4v) is 3.96. The molecule has 0 radical (unpaired) electrons. The van der Waals surface area contributed by atoms with E-state index in [2.05, 4.69) is 53.2 Å². The maximum atomic E-state index is 12.8. The highest BCUT2D eigenvalue weighted by Crippen LogP contribution is 2.23. The number of anilines is 1. The van der Waals surface area contributed by atoms with Crippen LogP contribution in [0.2, 0.25) is 0 Å². The maximum Gasteiger partial charge on any atom is 0.227 e. The molecule has 1 amide bonds. The highest BCUT2D eigenvalue weighted by Gasteiger charge is 2.27. The molecule has 0 saturated carbocycles. The Labute approximate surface area is 182 Å². The van der Waals surface area contributed by atoms with Crippen molar-refractivity contribution in [2.45, 2.75) is 32.7 Å². The zero-order valence-corrected chi connectivity index (χ0v) is 18.2. The van der Waals surface area contributed by atoms with Crippen LogP contribution in [0.5, 0.6) is 5.75 Å². The van der Waals surface area contributed by atoms with Gasteiger partial charge in [-0.25, -0.2) is 0 Å². The van der Waals surface area contributed by atoms with Crippen LogP contribution in [0.1, 0.15) is 24.8 Å². The van der Waals surface area contributed by atoms with Gasteiger partial charge in [0.15, 0.2) is 0 Å². The number of carbonyl (C=O) groups excluding carboxylic acids is 1. The fraction of sp³-hybridized carbons (Fsp3) is 0.375. The van der Waals surface area contributed by atoms with Crippen molar-refractivity contribution in [2.24, 2.45) is 0 Å². The number of aryl methyl sites for hydroxylation is 2. The number of amides is 1. The standard InChI is InChI=1S/C24H28N4O3/c1-17-5-4-6-20(15-17)28-14-13-27(16-18(28)2)23(29)12-11-22-25-24(26-31-22)19-7-9-21(30-3)10-8-19/h4-10,15,18H,11-14,16H2,1-3H3/t18-/m1/s1. The monoisotopic (exact) mass is 420 g/mol. The van der Waals surface area contributed by atoms with Crippen LogP contribution < -0.4 is 9.64 Å². The minimum absolute atomic E-state index is 0.125. The second-order valence-corrected chi connectivity index (χ2v) is 7.96. The van der Waals surface area contributed by atoms with Crippen LogP contribution in [0.25, 0.3) is 11.4 Å². The molecule has 1 aromatic heterocycles. The summed E-state index contributed by atoms with van der Waals surface area (Å²) in [7, 11) is 1.63. The van der Waals surface area contributed by atoms with Crippen LogP contribution in [0.4, 0.5) is 5.69 Å². The zero-order chi connectivity index (χ0) is 21.8. The smallest absolute Gasteiger partial charge is 0.227 e. The Kier molecular flexibility index (Phi) is 6.21. The van der Waals surface area contributed by atoms with E-state index < -0.39 is 0 Å². The summed E-state index contributed by atoms with van der Waals surface area (Å²) in [4.78, 5) is 21.5. The summed E-state index contributed by atoms with van der Waals surface area (Å²) in [5.41, 5.74) is 3.32. The summed E-state index contributed by atoms with van der Waals surface area (Å²) in [6, 6.07) is 16.3. The van der Waals surface area contributed by atoms with Gasteiger partial charge < -0.3 is 19.1 Å². The third-order valence-corrected chi connectivity index (χ3v) is 5.68. The summed E-state index contributed by atoms with van der Waals surface area (Å²) in [6.45, 7) is 6.54. The molecular weight excluding hydrogens is 392 g/mol. The molecular formula is C24H28N4O3. The highest BCUT2D eigenvalue weighted by molar-refractivity contribution is 5.76. The molecule has 162 valence electrons. The fourth-order valence-electron chi connectivity index (χ4n) is 3.96. The molecule has 1 atom stereocenters. The Bertz CT molecular complexity index is 1030. The minimum Gasteiger partial charge on any atom is -0.497 e.